The van der Waals surface area contributed by atoms with Crippen LogP contribution in [0.25, 0.3) is 0 Å². The third kappa shape index (κ3) is 3.23. The lowest BCUT2D eigenvalue weighted by atomic mass is 10.0. The molecule has 1 aliphatic heterocycles. The maximum Gasteiger partial charge on any atom is 0.0603 e. The molecule has 0 spiro atoms. The molecule has 0 radical (unpaired) electrons. The molecule has 1 rings (SSSR count). The van der Waals surface area contributed by atoms with Gasteiger partial charge in [0.25, 0.3) is 0 Å². The quantitative estimate of drug-likeness (QED) is 0.708. The zero-order chi connectivity index (χ0) is 10.8. The standard InChI is InChI=1S/C11H23NO2/c1-9-4-6-12(10(9)8-13)7-5-11(2,3)14/h9-10,13-14H,4-8H2,1-3H3. The number of nitrogens with zero attached hydrogens (tertiary/aromatic N) is 1. The van der Waals surface area contributed by atoms with Gasteiger partial charge in [-0.25, -0.2) is 0 Å². The van der Waals surface area contributed by atoms with E-state index in [2.05, 4.69) is 11.8 Å². The van der Waals surface area contributed by atoms with Gasteiger partial charge in [0.05, 0.1) is 12.2 Å². The molecule has 0 aromatic rings. The molecule has 1 aliphatic rings. The molecular weight excluding hydrogens is 178 g/mol. The number of rotatable bonds is 4. The Morgan fingerprint density at radius 2 is 2.07 bits per heavy atom. The summed E-state index contributed by atoms with van der Waals surface area (Å²) in [4.78, 5) is 2.29. The third-order valence-electron chi connectivity index (χ3n) is 3.20. The lowest BCUT2D eigenvalue weighted by molar-refractivity contribution is 0.0485. The van der Waals surface area contributed by atoms with Crippen LogP contribution < -0.4 is 0 Å². The number of aliphatic hydroxyl groups is 2. The van der Waals surface area contributed by atoms with Crippen molar-refractivity contribution in [3.63, 3.8) is 0 Å². The Balaban J connectivity index is 2.38. The summed E-state index contributed by atoms with van der Waals surface area (Å²) in [6.07, 6.45) is 1.94. The average molecular weight is 201 g/mol. The summed E-state index contributed by atoms with van der Waals surface area (Å²) < 4.78 is 0. The smallest absolute Gasteiger partial charge is 0.0603 e. The number of aliphatic hydroxyl groups excluding tert-OH is 1. The first-order valence-corrected chi connectivity index (χ1v) is 5.51. The van der Waals surface area contributed by atoms with Gasteiger partial charge >= 0.3 is 0 Å². The van der Waals surface area contributed by atoms with Gasteiger partial charge in [-0.15, -0.1) is 0 Å². The van der Waals surface area contributed by atoms with Gasteiger partial charge in [-0.05, 0) is 39.2 Å². The van der Waals surface area contributed by atoms with Gasteiger partial charge in [-0.2, -0.15) is 0 Å². The maximum atomic E-state index is 9.61. The first-order valence-electron chi connectivity index (χ1n) is 5.51. The van der Waals surface area contributed by atoms with Crippen molar-refractivity contribution in [2.24, 2.45) is 5.92 Å². The first kappa shape index (κ1) is 12.0. The normalized spacial score (nSPS) is 29.8. The van der Waals surface area contributed by atoms with E-state index in [1.165, 1.54) is 0 Å². The van der Waals surface area contributed by atoms with Crippen LogP contribution in [0, 0.1) is 5.92 Å². The molecule has 0 bridgehead atoms. The third-order valence-corrected chi connectivity index (χ3v) is 3.20. The Bertz CT molecular complexity index is 177. The summed E-state index contributed by atoms with van der Waals surface area (Å²) in [6, 6.07) is 0.303. The van der Waals surface area contributed by atoms with Crippen LogP contribution in [0.1, 0.15) is 33.6 Å². The van der Waals surface area contributed by atoms with E-state index < -0.39 is 5.60 Å². The van der Waals surface area contributed by atoms with Gasteiger partial charge in [0.2, 0.25) is 0 Å². The van der Waals surface area contributed by atoms with Crippen molar-refractivity contribution in [2.75, 3.05) is 19.7 Å². The zero-order valence-electron chi connectivity index (χ0n) is 9.53. The minimum Gasteiger partial charge on any atom is -0.395 e. The fourth-order valence-corrected chi connectivity index (χ4v) is 2.08. The Morgan fingerprint density at radius 1 is 1.43 bits per heavy atom. The molecule has 0 saturated carbocycles. The zero-order valence-corrected chi connectivity index (χ0v) is 9.53. The summed E-state index contributed by atoms with van der Waals surface area (Å²) in [7, 11) is 0. The summed E-state index contributed by atoms with van der Waals surface area (Å²) in [5, 5.41) is 18.8. The van der Waals surface area contributed by atoms with Gasteiger partial charge in [0.15, 0.2) is 0 Å². The predicted octanol–water partition coefficient (Wildman–Crippen LogP) is 0.850. The average Bonchev–Trinajstić information content (AvgIpc) is 2.41. The van der Waals surface area contributed by atoms with Crippen molar-refractivity contribution < 1.29 is 10.2 Å². The minimum absolute atomic E-state index is 0.243. The largest absolute Gasteiger partial charge is 0.395 e. The summed E-state index contributed by atoms with van der Waals surface area (Å²) in [5.74, 6) is 0.585. The summed E-state index contributed by atoms with van der Waals surface area (Å²) >= 11 is 0. The molecule has 3 heteroatoms. The van der Waals surface area contributed by atoms with Crippen LogP contribution in [0.3, 0.4) is 0 Å². The van der Waals surface area contributed by atoms with E-state index in [9.17, 15) is 10.2 Å². The first-order chi connectivity index (χ1) is 6.44. The van der Waals surface area contributed by atoms with Crippen molar-refractivity contribution >= 4 is 0 Å². The van der Waals surface area contributed by atoms with E-state index in [0.717, 1.165) is 25.9 Å². The second kappa shape index (κ2) is 4.60. The minimum atomic E-state index is -0.591. The predicted molar refractivity (Wildman–Crippen MR) is 57.1 cm³/mol. The molecule has 0 aliphatic carbocycles. The molecule has 14 heavy (non-hydrogen) atoms. The highest BCUT2D eigenvalue weighted by Crippen LogP contribution is 2.24. The molecule has 1 fully saturated rings. The molecule has 2 unspecified atom stereocenters. The highest BCUT2D eigenvalue weighted by Gasteiger charge is 2.30. The van der Waals surface area contributed by atoms with Gasteiger partial charge in [0.1, 0.15) is 0 Å². The van der Waals surface area contributed by atoms with Crippen molar-refractivity contribution in [1.29, 1.82) is 0 Å². The van der Waals surface area contributed by atoms with E-state index in [4.69, 9.17) is 0 Å². The van der Waals surface area contributed by atoms with Crippen molar-refractivity contribution in [3.05, 3.63) is 0 Å². The Hall–Kier alpha value is -0.120. The van der Waals surface area contributed by atoms with Crippen LogP contribution in [0.4, 0.5) is 0 Å². The fourth-order valence-electron chi connectivity index (χ4n) is 2.08. The van der Waals surface area contributed by atoms with Gasteiger partial charge in [0, 0.05) is 12.6 Å². The van der Waals surface area contributed by atoms with Gasteiger partial charge in [-0.1, -0.05) is 6.92 Å². The summed E-state index contributed by atoms with van der Waals surface area (Å²) in [6.45, 7) is 8.04. The Kier molecular flexibility index (Phi) is 3.93. The Labute approximate surface area is 86.7 Å². The van der Waals surface area contributed by atoms with E-state index in [1.54, 1.807) is 0 Å². The van der Waals surface area contributed by atoms with E-state index in [-0.39, 0.29) is 6.61 Å². The fraction of sp³-hybridized carbons (Fsp3) is 1.00. The number of hydrogen-bond acceptors (Lipinski definition) is 3. The van der Waals surface area contributed by atoms with Crippen LogP contribution in [0.15, 0.2) is 0 Å². The van der Waals surface area contributed by atoms with Crippen molar-refractivity contribution in [3.8, 4) is 0 Å². The summed E-state index contributed by atoms with van der Waals surface area (Å²) in [5.41, 5.74) is -0.591. The lowest BCUT2D eigenvalue weighted by Crippen LogP contribution is -2.38. The van der Waals surface area contributed by atoms with Crippen LogP contribution in [0.2, 0.25) is 0 Å². The molecule has 1 saturated heterocycles. The lowest BCUT2D eigenvalue weighted by Gasteiger charge is -2.27. The monoisotopic (exact) mass is 201 g/mol. The van der Waals surface area contributed by atoms with Crippen molar-refractivity contribution in [2.45, 2.75) is 45.3 Å². The number of hydrogen-bond donors (Lipinski definition) is 2. The maximum absolute atomic E-state index is 9.61. The molecular formula is C11H23NO2. The Morgan fingerprint density at radius 3 is 2.57 bits per heavy atom. The van der Waals surface area contributed by atoms with Gasteiger partial charge < -0.3 is 10.2 Å². The number of likely N-dealkylation sites (tertiary alicyclic amines) is 1. The van der Waals surface area contributed by atoms with Crippen LogP contribution in [-0.2, 0) is 0 Å². The van der Waals surface area contributed by atoms with E-state index >= 15 is 0 Å². The second-order valence-electron chi connectivity index (χ2n) is 5.11. The second-order valence-corrected chi connectivity index (χ2v) is 5.11. The highest BCUT2D eigenvalue weighted by atomic mass is 16.3. The highest BCUT2D eigenvalue weighted by molar-refractivity contribution is 4.85. The molecule has 1 heterocycles. The van der Waals surface area contributed by atoms with Crippen molar-refractivity contribution in [1.82, 2.24) is 4.90 Å². The molecule has 0 aromatic carbocycles. The topological polar surface area (TPSA) is 43.7 Å². The molecule has 2 atom stereocenters. The van der Waals surface area contributed by atoms with E-state index in [1.807, 2.05) is 13.8 Å². The molecule has 3 nitrogen and oxygen atoms in total. The SMILES string of the molecule is CC1CCN(CCC(C)(C)O)C1CO. The van der Waals surface area contributed by atoms with Crippen LogP contribution >= 0.6 is 0 Å². The van der Waals surface area contributed by atoms with Gasteiger partial charge in [-0.3, -0.25) is 4.90 Å². The van der Waals surface area contributed by atoms with E-state index in [0.29, 0.717) is 12.0 Å². The molecule has 0 aromatic heterocycles. The molecule has 0 amide bonds. The van der Waals surface area contributed by atoms with Crippen LogP contribution in [-0.4, -0.2) is 46.5 Å². The molecule has 84 valence electrons. The molecule has 2 N–H and O–H groups in total. The van der Waals surface area contributed by atoms with Crippen LogP contribution in [0.5, 0.6) is 0 Å².